The molecule has 4 nitrogen and oxygen atoms in total. The van der Waals surface area contributed by atoms with Gasteiger partial charge in [0.1, 0.15) is 0 Å². The first-order valence-corrected chi connectivity index (χ1v) is 7.84. The molecule has 0 saturated heterocycles. The molecular formula is C14H16N2O2S. The van der Waals surface area contributed by atoms with Crippen molar-refractivity contribution in [2.45, 2.75) is 18.0 Å². The van der Waals surface area contributed by atoms with Crippen LogP contribution >= 0.6 is 0 Å². The average Bonchev–Trinajstić information content (AvgIpc) is 2.39. The van der Waals surface area contributed by atoms with Crippen molar-refractivity contribution < 1.29 is 8.42 Å². The first kappa shape index (κ1) is 13.7. The lowest BCUT2D eigenvalue weighted by Gasteiger charge is -2.05. The number of hydrogen-bond donors (Lipinski definition) is 1. The van der Waals surface area contributed by atoms with Gasteiger partial charge in [0, 0.05) is 25.5 Å². The zero-order chi connectivity index (χ0) is 13.7. The van der Waals surface area contributed by atoms with Crippen molar-refractivity contribution in [1.82, 2.24) is 10.3 Å². The second kappa shape index (κ2) is 5.95. The van der Waals surface area contributed by atoms with Crippen LogP contribution in [0.5, 0.6) is 0 Å². The maximum absolute atomic E-state index is 11.3. The van der Waals surface area contributed by atoms with Crippen molar-refractivity contribution >= 4 is 9.84 Å². The molecule has 0 radical (unpaired) electrons. The summed E-state index contributed by atoms with van der Waals surface area (Å²) in [6, 6.07) is 12.7. The maximum Gasteiger partial charge on any atom is 0.175 e. The van der Waals surface area contributed by atoms with Crippen LogP contribution in [0, 0.1) is 0 Å². The second-order valence-electron chi connectivity index (χ2n) is 4.34. The minimum Gasteiger partial charge on any atom is -0.307 e. The van der Waals surface area contributed by atoms with Gasteiger partial charge in [-0.15, -0.1) is 0 Å². The SMILES string of the molecule is CS(=O)(=O)c1ccc(CNCc2ccccn2)cc1. The number of pyridine rings is 1. The fraction of sp³-hybridized carbons (Fsp3) is 0.214. The van der Waals surface area contributed by atoms with Crippen molar-refractivity contribution in [3.8, 4) is 0 Å². The first-order valence-electron chi connectivity index (χ1n) is 5.95. The van der Waals surface area contributed by atoms with Crippen LogP contribution in [-0.2, 0) is 22.9 Å². The standard InChI is InChI=1S/C14H16N2O2S/c1-19(17,18)14-7-5-12(6-8-14)10-15-11-13-4-2-3-9-16-13/h2-9,15H,10-11H2,1H3. The van der Waals surface area contributed by atoms with E-state index in [0.717, 1.165) is 11.3 Å². The maximum atomic E-state index is 11.3. The Hall–Kier alpha value is -1.72. The monoisotopic (exact) mass is 276 g/mol. The van der Waals surface area contributed by atoms with Gasteiger partial charge >= 0.3 is 0 Å². The second-order valence-corrected chi connectivity index (χ2v) is 6.36. The third-order valence-electron chi connectivity index (χ3n) is 2.71. The Morgan fingerprint density at radius 1 is 1.05 bits per heavy atom. The van der Waals surface area contributed by atoms with E-state index in [9.17, 15) is 8.42 Å². The average molecular weight is 276 g/mol. The highest BCUT2D eigenvalue weighted by Gasteiger charge is 2.05. The van der Waals surface area contributed by atoms with Crippen LogP contribution in [0.25, 0.3) is 0 Å². The molecule has 0 unspecified atom stereocenters. The Morgan fingerprint density at radius 2 is 1.79 bits per heavy atom. The lowest BCUT2D eigenvalue weighted by atomic mass is 10.2. The van der Waals surface area contributed by atoms with Gasteiger partial charge in [-0.1, -0.05) is 18.2 Å². The Balaban J connectivity index is 1.90. The molecule has 0 aliphatic rings. The van der Waals surface area contributed by atoms with E-state index in [1.54, 1.807) is 18.3 Å². The minimum atomic E-state index is -3.11. The lowest BCUT2D eigenvalue weighted by molar-refractivity contribution is 0.602. The normalized spacial score (nSPS) is 11.4. The van der Waals surface area contributed by atoms with E-state index in [1.807, 2.05) is 30.3 Å². The molecule has 1 aromatic carbocycles. The van der Waals surface area contributed by atoms with Gasteiger partial charge in [0.25, 0.3) is 0 Å². The molecule has 19 heavy (non-hydrogen) atoms. The molecule has 1 heterocycles. The Labute approximate surface area is 113 Å². The number of benzene rings is 1. The molecule has 0 atom stereocenters. The van der Waals surface area contributed by atoms with E-state index >= 15 is 0 Å². The molecule has 0 bridgehead atoms. The van der Waals surface area contributed by atoms with Gasteiger partial charge in [0.2, 0.25) is 0 Å². The Kier molecular flexibility index (Phi) is 4.29. The van der Waals surface area contributed by atoms with Crippen LogP contribution in [0.3, 0.4) is 0 Å². The van der Waals surface area contributed by atoms with Crippen LogP contribution in [-0.4, -0.2) is 19.7 Å². The third kappa shape index (κ3) is 4.15. The number of hydrogen-bond acceptors (Lipinski definition) is 4. The van der Waals surface area contributed by atoms with Crippen molar-refractivity contribution in [2.75, 3.05) is 6.26 Å². The summed E-state index contributed by atoms with van der Waals surface area (Å²) in [6.07, 6.45) is 2.97. The molecule has 0 aliphatic heterocycles. The fourth-order valence-corrected chi connectivity index (χ4v) is 2.32. The van der Waals surface area contributed by atoms with E-state index in [1.165, 1.54) is 6.26 Å². The molecule has 100 valence electrons. The number of rotatable bonds is 5. The molecule has 2 aromatic rings. The third-order valence-corrected chi connectivity index (χ3v) is 3.84. The molecule has 1 N–H and O–H groups in total. The van der Waals surface area contributed by atoms with Crippen molar-refractivity contribution in [3.63, 3.8) is 0 Å². The van der Waals surface area contributed by atoms with Gasteiger partial charge in [-0.3, -0.25) is 4.98 Å². The predicted octanol–water partition coefficient (Wildman–Crippen LogP) is 1.77. The summed E-state index contributed by atoms with van der Waals surface area (Å²) in [6.45, 7) is 1.37. The van der Waals surface area contributed by atoms with Crippen LogP contribution in [0.2, 0.25) is 0 Å². The Bertz CT molecular complexity index is 622. The summed E-state index contributed by atoms with van der Waals surface area (Å²) in [5.41, 5.74) is 2.03. The minimum absolute atomic E-state index is 0.348. The van der Waals surface area contributed by atoms with Gasteiger partial charge in [0.05, 0.1) is 10.6 Å². The molecule has 0 saturated carbocycles. The summed E-state index contributed by atoms with van der Waals surface area (Å²) in [4.78, 5) is 4.56. The van der Waals surface area contributed by atoms with Crippen molar-refractivity contribution in [3.05, 3.63) is 59.9 Å². The quantitative estimate of drug-likeness (QED) is 0.904. The summed E-state index contributed by atoms with van der Waals surface area (Å²) < 4.78 is 22.6. The molecule has 0 amide bonds. The van der Waals surface area contributed by atoms with Crippen molar-refractivity contribution in [1.29, 1.82) is 0 Å². The summed E-state index contributed by atoms with van der Waals surface area (Å²) >= 11 is 0. The molecule has 5 heteroatoms. The smallest absolute Gasteiger partial charge is 0.175 e. The first-order chi connectivity index (χ1) is 9.05. The summed E-state index contributed by atoms with van der Waals surface area (Å²) in [7, 11) is -3.11. The van der Waals surface area contributed by atoms with Gasteiger partial charge in [0.15, 0.2) is 9.84 Å². The van der Waals surface area contributed by atoms with E-state index < -0.39 is 9.84 Å². The van der Waals surface area contributed by atoms with Gasteiger partial charge in [-0.2, -0.15) is 0 Å². The highest BCUT2D eigenvalue weighted by Crippen LogP contribution is 2.10. The molecular weight excluding hydrogens is 260 g/mol. The predicted molar refractivity (Wildman–Crippen MR) is 74.3 cm³/mol. The van der Waals surface area contributed by atoms with Crippen LogP contribution in [0.1, 0.15) is 11.3 Å². The van der Waals surface area contributed by atoms with E-state index in [4.69, 9.17) is 0 Å². The van der Waals surface area contributed by atoms with Gasteiger partial charge in [-0.25, -0.2) is 8.42 Å². The number of nitrogens with zero attached hydrogens (tertiary/aromatic N) is 1. The highest BCUT2D eigenvalue weighted by molar-refractivity contribution is 7.90. The van der Waals surface area contributed by atoms with Crippen LogP contribution in [0.4, 0.5) is 0 Å². The van der Waals surface area contributed by atoms with Gasteiger partial charge < -0.3 is 5.32 Å². The summed E-state index contributed by atoms with van der Waals surface area (Å²) in [5.74, 6) is 0. The largest absolute Gasteiger partial charge is 0.307 e. The Morgan fingerprint density at radius 3 is 2.37 bits per heavy atom. The molecule has 0 fully saturated rings. The highest BCUT2D eigenvalue weighted by atomic mass is 32.2. The fourth-order valence-electron chi connectivity index (χ4n) is 1.69. The van der Waals surface area contributed by atoms with Gasteiger partial charge in [-0.05, 0) is 29.8 Å². The molecule has 2 rings (SSSR count). The number of aromatic nitrogens is 1. The van der Waals surface area contributed by atoms with E-state index in [0.29, 0.717) is 18.0 Å². The molecule has 0 spiro atoms. The van der Waals surface area contributed by atoms with E-state index in [-0.39, 0.29) is 0 Å². The zero-order valence-electron chi connectivity index (χ0n) is 10.7. The summed E-state index contributed by atoms with van der Waals surface area (Å²) in [5, 5.41) is 3.26. The van der Waals surface area contributed by atoms with Crippen LogP contribution in [0.15, 0.2) is 53.6 Å². The number of nitrogens with one attached hydrogen (secondary N) is 1. The topological polar surface area (TPSA) is 59.1 Å². The lowest BCUT2D eigenvalue weighted by Crippen LogP contribution is -2.13. The zero-order valence-corrected chi connectivity index (χ0v) is 11.5. The number of sulfone groups is 1. The van der Waals surface area contributed by atoms with E-state index in [2.05, 4.69) is 10.3 Å². The van der Waals surface area contributed by atoms with Crippen molar-refractivity contribution in [2.24, 2.45) is 0 Å². The molecule has 0 aliphatic carbocycles. The molecule has 1 aromatic heterocycles. The van der Waals surface area contributed by atoms with Crippen LogP contribution < -0.4 is 5.32 Å².